The van der Waals surface area contributed by atoms with Crippen molar-refractivity contribution in [2.75, 3.05) is 39.6 Å². The Kier molecular flexibility index (Phi) is 7.79. The summed E-state index contributed by atoms with van der Waals surface area (Å²) in [7, 11) is 0. The van der Waals surface area contributed by atoms with Crippen LogP contribution in [-0.2, 0) is 9.47 Å². The molecule has 0 saturated heterocycles. The maximum absolute atomic E-state index is 10.4. The van der Waals surface area contributed by atoms with Gasteiger partial charge in [0.15, 0.2) is 0 Å². The molecule has 100 valence electrons. The Morgan fingerprint density at radius 2 is 1.56 bits per heavy atom. The maximum atomic E-state index is 10.4. The molecular formula is C13H18O5. The first-order valence-electron chi connectivity index (χ1n) is 5.81. The largest absolute Gasteiger partial charge is 0.491 e. The predicted octanol–water partition coefficient (Wildman–Crippen LogP) is 0.903. The molecule has 1 aromatic rings. The highest BCUT2D eigenvalue weighted by Gasteiger charge is 1.95. The minimum atomic E-state index is 0.0277. The monoisotopic (exact) mass is 254 g/mol. The van der Waals surface area contributed by atoms with E-state index in [1.807, 2.05) is 0 Å². The lowest BCUT2D eigenvalue weighted by Crippen LogP contribution is -2.11. The average Bonchev–Trinajstić information content (AvgIpc) is 2.42. The van der Waals surface area contributed by atoms with Crippen molar-refractivity contribution in [1.29, 1.82) is 0 Å². The quantitative estimate of drug-likeness (QED) is 0.496. The van der Waals surface area contributed by atoms with Crippen molar-refractivity contribution in [1.82, 2.24) is 0 Å². The fourth-order valence-electron chi connectivity index (χ4n) is 1.25. The average molecular weight is 254 g/mol. The number of hydrogen-bond donors (Lipinski definition) is 1. The Morgan fingerprint density at radius 1 is 0.944 bits per heavy atom. The maximum Gasteiger partial charge on any atom is 0.150 e. The van der Waals surface area contributed by atoms with Crippen LogP contribution in [-0.4, -0.2) is 51.0 Å². The van der Waals surface area contributed by atoms with Gasteiger partial charge in [-0.1, -0.05) is 0 Å². The number of carbonyl (C=O) groups is 1. The van der Waals surface area contributed by atoms with Gasteiger partial charge in [0.25, 0.3) is 0 Å². The van der Waals surface area contributed by atoms with Crippen LogP contribution in [0.2, 0.25) is 0 Å². The van der Waals surface area contributed by atoms with E-state index < -0.39 is 0 Å². The second-order valence-electron chi connectivity index (χ2n) is 3.48. The number of rotatable bonds is 10. The smallest absolute Gasteiger partial charge is 0.150 e. The molecule has 0 aliphatic rings. The third-order valence-electron chi connectivity index (χ3n) is 2.12. The normalized spacial score (nSPS) is 10.3. The van der Waals surface area contributed by atoms with Crippen molar-refractivity contribution >= 4 is 6.29 Å². The van der Waals surface area contributed by atoms with E-state index in [1.165, 1.54) is 0 Å². The molecule has 0 fully saturated rings. The van der Waals surface area contributed by atoms with Crippen molar-refractivity contribution in [3.05, 3.63) is 29.8 Å². The van der Waals surface area contributed by atoms with Crippen LogP contribution in [0.25, 0.3) is 0 Å². The number of aldehydes is 1. The summed E-state index contributed by atoms with van der Waals surface area (Å²) in [6.45, 7) is 2.23. The van der Waals surface area contributed by atoms with Crippen LogP contribution in [0.4, 0.5) is 0 Å². The van der Waals surface area contributed by atoms with Crippen LogP contribution in [0.15, 0.2) is 24.3 Å². The van der Waals surface area contributed by atoms with Gasteiger partial charge < -0.3 is 19.3 Å². The van der Waals surface area contributed by atoms with Crippen LogP contribution >= 0.6 is 0 Å². The first kappa shape index (κ1) is 14.6. The molecule has 0 amide bonds. The van der Waals surface area contributed by atoms with Crippen LogP contribution in [0, 0.1) is 0 Å². The van der Waals surface area contributed by atoms with Gasteiger partial charge in [-0.3, -0.25) is 4.79 Å². The van der Waals surface area contributed by atoms with Gasteiger partial charge in [-0.05, 0) is 24.3 Å². The lowest BCUT2D eigenvalue weighted by Gasteiger charge is -2.07. The van der Waals surface area contributed by atoms with Gasteiger partial charge in [-0.25, -0.2) is 0 Å². The van der Waals surface area contributed by atoms with Crippen LogP contribution < -0.4 is 4.74 Å². The molecule has 1 aromatic carbocycles. The minimum Gasteiger partial charge on any atom is -0.491 e. The highest BCUT2D eigenvalue weighted by molar-refractivity contribution is 5.74. The summed E-state index contributed by atoms with van der Waals surface area (Å²) in [5, 5.41) is 8.46. The molecule has 1 N–H and O–H groups in total. The highest BCUT2D eigenvalue weighted by Crippen LogP contribution is 2.10. The van der Waals surface area contributed by atoms with E-state index in [4.69, 9.17) is 19.3 Å². The standard InChI is InChI=1S/C13H18O5/c14-5-6-16-7-8-17-9-10-18-13-3-1-12(11-15)2-4-13/h1-4,11,14H,5-10H2. The Labute approximate surface area is 106 Å². The zero-order valence-electron chi connectivity index (χ0n) is 10.2. The predicted molar refractivity (Wildman–Crippen MR) is 66.0 cm³/mol. The van der Waals surface area contributed by atoms with E-state index in [0.717, 1.165) is 6.29 Å². The number of aliphatic hydroxyl groups excluding tert-OH is 1. The second kappa shape index (κ2) is 9.58. The molecule has 0 saturated carbocycles. The zero-order valence-corrected chi connectivity index (χ0v) is 10.2. The number of carbonyl (C=O) groups excluding carboxylic acids is 1. The van der Waals surface area contributed by atoms with Crippen molar-refractivity contribution in [2.24, 2.45) is 0 Å². The molecular weight excluding hydrogens is 236 g/mol. The van der Waals surface area contributed by atoms with Gasteiger partial charge in [0.1, 0.15) is 18.6 Å². The molecule has 18 heavy (non-hydrogen) atoms. The lowest BCUT2D eigenvalue weighted by molar-refractivity contribution is 0.0247. The molecule has 0 aliphatic carbocycles. The Balaban J connectivity index is 2.01. The first-order valence-corrected chi connectivity index (χ1v) is 5.81. The Morgan fingerprint density at radius 3 is 2.17 bits per heavy atom. The molecule has 1 rings (SSSR count). The molecule has 0 atom stereocenters. The van der Waals surface area contributed by atoms with Crippen molar-refractivity contribution < 1.29 is 24.1 Å². The van der Waals surface area contributed by atoms with E-state index >= 15 is 0 Å². The molecule has 5 heteroatoms. The topological polar surface area (TPSA) is 65.0 Å². The molecule has 0 heterocycles. The van der Waals surface area contributed by atoms with Gasteiger partial charge in [0.05, 0.1) is 33.0 Å². The van der Waals surface area contributed by atoms with Crippen molar-refractivity contribution in [3.63, 3.8) is 0 Å². The van der Waals surface area contributed by atoms with E-state index in [-0.39, 0.29) is 6.61 Å². The summed E-state index contributed by atoms with van der Waals surface area (Å²) < 4.78 is 15.7. The summed E-state index contributed by atoms with van der Waals surface area (Å²) in [6.07, 6.45) is 0.791. The van der Waals surface area contributed by atoms with Gasteiger partial charge in [-0.15, -0.1) is 0 Å². The van der Waals surface area contributed by atoms with E-state index in [1.54, 1.807) is 24.3 Å². The van der Waals surface area contributed by atoms with Gasteiger partial charge in [0, 0.05) is 5.56 Å². The molecule has 5 nitrogen and oxygen atoms in total. The number of aliphatic hydroxyl groups is 1. The number of benzene rings is 1. The second-order valence-corrected chi connectivity index (χ2v) is 3.48. The summed E-state index contributed by atoms with van der Waals surface area (Å²) >= 11 is 0. The van der Waals surface area contributed by atoms with E-state index in [2.05, 4.69) is 0 Å². The summed E-state index contributed by atoms with van der Waals surface area (Å²) in [4.78, 5) is 10.4. The Bertz CT molecular complexity index is 323. The molecule has 0 aromatic heterocycles. The van der Waals surface area contributed by atoms with Crippen LogP contribution in [0.5, 0.6) is 5.75 Å². The van der Waals surface area contributed by atoms with E-state index in [0.29, 0.717) is 44.3 Å². The lowest BCUT2D eigenvalue weighted by atomic mass is 10.2. The van der Waals surface area contributed by atoms with Gasteiger partial charge >= 0.3 is 0 Å². The number of ether oxygens (including phenoxy) is 3. The van der Waals surface area contributed by atoms with Crippen molar-refractivity contribution in [2.45, 2.75) is 0 Å². The third kappa shape index (κ3) is 6.34. The molecule has 0 bridgehead atoms. The minimum absolute atomic E-state index is 0.0277. The van der Waals surface area contributed by atoms with Crippen LogP contribution in [0.3, 0.4) is 0 Å². The summed E-state index contributed by atoms with van der Waals surface area (Å²) in [5.74, 6) is 0.709. The van der Waals surface area contributed by atoms with Gasteiger partial charge in [0.2, 0.25) is 0 Å². The molecule has 0 radical (unpaired) electrons. The Hall–Kier alpha value is -1.43. The highest BCUT2D eigenvalue weighted by atomic mass is 16.5. The molecule has 0 unspecified atom stereocenters. The molecule has 0 spiro atoms. The van der Waals surface area contributed by atoms with Gasteiger partial charge in [-0.2, -0.15) is 0 Å². The SMILES string of the molecule is O=Cc1ccc(OCCOCCOCCO)cc1. The first-order chi connectivity index (χ1) is 8.86. The molecule has 0 aliphatic heterocycles. The fraction of sp³-hybridized carbons (Fsp3) is 0.462. The summed E-state index contributed by atoms with van der Waals surface area (Å²) in [6, 6.07) is 6.89. The summed E-state index contributed by atoms with van der Waals surface area (Å²) in [5.41, 5.74) is 0.625. The van der Waals surface area contributed by atoms with Crippen LogP contribution in [0.1, 0.15) is 10.4 Å². The zero-order chi connectivity index (χ0) is 13.1. The third-order valence-corrected chi connectivity index (χ3v) is 2.12. The van der Waals surface area contributed by atoms with Crippen molar-refractivity contribution in [3.8, 4) is 5.75 Å². The van der Waals surface area contributed by atoms with E-state index in [9.17, 15) is 4.79 Å². The number of hydrogen-bond acceptors (Lipinski definition) is 5. The fourth-order valence-corrected chi connectivity index (χ4v) is 1.25.